The molecule has 0 bridgehead atoms. The molecule has 1 fully saturated rings. The molecule has 1 aromatic carbocycles. The van der Waals surface area contributed by atoms with Gasteiger partial charge in [-0.1, -0.05) is 17.7 Å². The summed E-state index contributed by atoms with van der Waals surface area (Å²) in [5.41, 5.74) is 3.33. The average molecular weight is 420 g/mol. The highest BCUT2D eigenvalue weighted by molar-refractivity contribution is 7.17. The highest BCUT2D eigenvalue weighted by Gasteiger charge is 2.21. The van der Waals surface area contributed by atoms with Crippen LogP contribution in [0.4, 0.5) is 11.4 Å². The van der Waals surface area contributed by atoms with Crippen LogP contribution in [0.15, 0.2) is 35.0 Å². The van der Waals surface area contributed by atoms with Gasteiger partial charge in [-0.05, 0) is 30.5 Å². The molecule has 0 atom stereocenters. The Morgan fingerprint density at radius 3 is 2.85 bits per heavy atom. The Labute approximate surface area is 170 Å². The maximum absolute atomic E-state index is 12.9. The van der Waals surface area contributed by atoms with E-state index in [9.17, 15) is 4.79 Å². The number of ether oxygens (including phenoxy) is 1. The Balaban J connectivity index is 1.61. The number of amides is 1. The van der Waals surface area contributed by atoms with Crippen molar-refractivity contribution in [3.05, 3.63) is 50.6 Å². The van der Waals surface area contributed by atoms with Gasteiger partial charge in [-0.3, -0.25) is 4.79 Å². The number of para-hydroxylation sites is 1. The van der Waals surface area contributed by atoms with E-state index in [-0.39, 0.29) is 5.91 Å². The Hall–Kier alpha value is -1.93. The average Bonchev–Trinajstić information content (AvgIpc) is 3.32. The summed E-state index contributed by atoms with van der Waals surface area (Å²) in [4.78, 5) is 20.3. The van der Waals surface area contributed by atoms with E-state index in [1.165, 1.54) is 11.3 Å². The molecular formula is C19H18ClN3O2S2. The molecule has 1 amide bonds. The van der Waals surface area contributed by atoms with Gasteiger partial charge in [0.1, 0.15) is 9.88 Å². The predicted octanol–water partition coefficient (Wildman–Crippen LogP) is 4.92. The van der Waals surface area contributed by atoms with E-state index < -0.39 is 0 Å². The first kappa shape index (κ1) is 18.4. The van der Waals surface area contributed by atoms with Crippen LogP contribution in [0.2, 0.25) is 5.02 Å². The standard InChI is InChI=1S/C19H18ClN3O2S2/c1-12-17(27-19(21-12)13-5-10-26-11-13)18(24)22-15-4-2-3-14(20)16(15)23-6-8-25-9-7-23/h2-5,10-11H,6-9H2,1H3,(H,22,24). The Morgan fingerprint density at radius 1 is 1.30 bits per heavy atom. The SMILES string of the molecule is Cc1nc(-c2ccsc2)sc1C(=O)Nc1cccc(Cl)c1N1CCOCC1. The van der Waals surface area contributed by atoms with Crippen LogP contribution in [-0.4, -0.2) is 37.2 Å². The molecule has 1 N–H and O–H groups in total. The van der Waals surface area contributed by atoms with Crippen molar-refractivity contribution < 1.29 is 9.53 Å². The fraction of sp³-hybridized carbons (Fsp3) is 0.263. The van der Waals surface area contributed by atoms with Crippen LogP contribution < -0.4 is 10.2 Å². The number of hydrogen-bond donors (Lipinski definition) is 1. The minimum Gasteiger partial charge on any atom is -0.378 e. The molecule has 0 radical (unpaired) electrons. The van der Waals surface area contributed by atoms with Crippen LogP contribution in [0.3, 0.4) is 0 Å². The van der Waals surface area contributed by atoms with Crippen LogP contribution in [0.1, 0.15) is 15.4 Å². The monoisotopic (exact) mass is 419 g/mol. The maximum Gasteiger partial charge on any atom is 0.267 e. The fourth-order valence-electron chi connectivity index (χ4n) is 3.02. The van der Waals surface area contributed by atoms with E-state index in [4.69, 9.17) is 16.3 Å². The number of aromatic nitrogens is 1. The topological polar surface area (TPSA) is 54.5 Å². The van der Waals surface area contributed by atoms with E-state index >= 15 is 0 Å². The summed E-state index contributed by atoms with van der Waals surface area (Å²) in [6.45, 7) is 4.65. The van der Waals surface area contributed by atoms with Crippen LogP contribution in [0, 0.1) is 6.92 Å². The summed E-state index contributed by atoms with van der Waals surface area (Å²) in [7, 11) is 0. The number of halogens is 1. The largest absolute Gasteiger partial charge is 0.378 e. The van der Waals surface area contributed by atoms with Gasteiger partial charge >= 0.3 is 0 Å². The van der Waals surface area contributed by atoms with Gasteiger partial charge in [0, 0.05) is 24.0 Å². The number of morpholine rings is 1. The summed E-state index contributed by atoms with van der Waals surface area (Å²) < 4.78 is 5.43. The number of anilines is 2. The summed E-state index contributed by atoms with van der Waals surface area (Å²) in [6.07, 6.45) is 0. The lowest BCUT2D eigenvalue weighted by Gasteiger charge is -2.31. The van der Waals surface area contributed by atoms with Crippen molar-refractivity contribution in [1.82, 2.24) is 4.98 Å². The molecule has 1 aliphatic rings. The molecule has 3 aromatic rings. The summed E-state index contributed by atoms with van der Waals surface area (Å²) in [5.74, 6) is -0.164. The predicted molar refractivity (Wildman–Crippen MR) is 113 cm³/mol. The Morgan fingerprint density at radius 2 is 2.11 bits per heavy atom. The number of thiophene rings is 1. The first-order chi connectivity index (χ1) is 13.1. The molecule has 4 rings (SSSR count). The number of hydrogen-bond acceptors (Lipinski definition) is 6. The van der Waals surface area contributed by atoms with Crippen molar-refractivity contribution in [3.63, 3.8) is 0 Å². The van der Waals surface area contributed by atoms with Crippen molar-refractivity contribution in [1.29, 1.82) is 0 Å². The first-order valence-corrected chi connectivity index (χ1v) is 10.7. The third kappa shape index (κ3) is 3.87. The molecule has 8 heteroatoms. The number of benzene rings is 1. The Kier molecular flexibility index (Phi) is 5.45. The number of carbonyl (C=O) groups is 1. The van der Waals surface area contributed by atoms with Gasteiger partial charge in [-0.25, -0.2) is 4.98 Å². The van der Waals surface area contributed by atoms with Crippen LogP contribution >= 0.6 is 34.3 Å². The second-order valence-electron chi connectivity index (χ2n) is 6.14. The summed E-state index contributed by atoms with van der Waals surface area (Å²) in [5, 5.41) is 8.55. The van der Waals surface area contributed by atoms with Crippen LogP contribution in [0.25, 0.3) is 10.6 Å². The van der Waals surface area contributed by atoms with Gasteiger partial charge in [0.25, 0.3) is 5.91 Å². The number of carbonyl (C=O) groups excluding carboxylic acids is 1. The molecule has 2 aromatic heterocycles. The Bertz CT molecular complexity index is 950. The summed E-state index contributed by atoms with van der Waals surface area (Å²) in [6, 6.07) is 7.58. The van der Waals surface area contributed by atoms with Gasteiger partial charge < -0.3 is 15.0 Å². The molecule has 1 saturated heterocycles. The van der Waals surface area contributed by atoms with Gasteiger partial charge in [0.2, 0.25) is 0 Å². The molecule has 140 valence electrons. The van der Waals surface area contributed by atoms with Crippen molar-refractivity contribution in [2.24, 2.45) is 0 Å². The number of nitrogens with zero attached hydrogens (tertiary/aromatic N) is 2. The number of aryl methyl sites for hydroxylation is 1. The van der Waals surface area contributed by atoms with Crippen molar-refractivity contribution in [3.8, 4) is 10.6 Å². The van der Waals surface area contributed by atoms with Crippen LogP contribution in [-0.2, 0) is 4.74 Å². The highest BCUT2D eigenvalue weighted by atomic mass is 35.5. The second kappa shape index (κ2) is 7.98. The highest BCUT2D eigenvalue weighted by Crippen LogP contribution is 2.36. The van der Waals surface area contributed by atoms with Gasteiger partial charge in [-0.2, -0.15) is 11.3 Å². The number of rotatable bonds is 4. The van der Waals surface area contributed by atoms with Crippen LogP contribution in [0.5, 0.6) is 0 Å². The lowest BCUT2D eigenvalue weighted by Crippen LogP contribution is -2.37. The second-order valence-corrected chi connectivity index (χ2v) is 8.32. The third-order valence-electron chi connectivity index (χ3n) is 4.33. The molecular weight excluding hydrogens is 402 g/mol. The molecule has 3 heterocycles. The fourth-order valence-corrected chi connectivity index (χ4v) is 4.99. The first-order valence-electron chi connectivity index (χ1n) is 8.56. The molecule has 0 saturated carbocycles. The van der Waals surface area contributed by atoms with E-state index in [0.717, 1.165) is 35.0 Å². The van der Waals surface area contributed by atoms with Gasteiger partial charge in [-0.15, -0.1) is 11.3 Å². The van der Waals surface area contributed by atoms with E-state index in [1.807, 2.05) is 41.9 Å². The lowest BCUT2D eigenvalue weighted by atomic mass is 10.2. The normalized spacial score (nSPS) is 14.4. The van der Waals surface area contributed by atoms with Gasteiger partial charge in [0.05, 0.1) is 35.3 Å². The molecule has 0 unspecified atom stereocenters. The molecule has 5 nitrogen and oxygen atoms in total. The van der Waals surface area contributed by atoms with Gasteiger partial charge in [0.15, 0.2) is 0 Å². The van der Waals surface area contributed by atoms with Crippen molar-refractivity contribution in [2.45, 2.75) is 6.92 Å². The van der Waals surface area contributed by atoms with E-state index in [1.54, 1.807) is 11.3 Å². The van der Waals surface area contributed by atoms with Crippen molar-refractivity contribution >= 4 is 51.6 Å². The van der Waals surface area contributed by atoms with E-state index in [2.05, 4.69) is 15.2 Å². The maximum atomic E-state index is 12.9. The quantitative estimate of drug-likeness (QED) is 0.651. The van der Waals surface area contributed by atoms with Crippen molar-refractivity contribution in [2.75, 3.05) is 36.5 Å². The number of nitrogens with one attached hydrogen (secondary N) is 1. The molecule has 27 heavy (non-hydrogen) atoms. The smallest absolute Gasteiger partial charge is 0.267 e. The zero-order chi connectivity index (χ0) is 18.8. The molecule has 1 aliphatic heterocycles. The minimum absolute atomic E-state index is 0.164. The zero-order valence-electron chi connectivity index (χ0n) is 14.7. The molecule has 0 spiro atoms. The third-order valence-corrected chi connectivity index (χ3v) is 6.53. The number of thiazole rings is 1. The minimum atomic E-state index is -0.164. The summed E-state index contributed by atoms with van der Waals surface area (Å²) >= 11 is 9.48. The lowest BCUT2D eigenvalue weighted by molar-refractivity contribution is 0.103. The van der Waals surface area contributed by atoms with E-state index in [0.29, 0.717) is 28.8 Å². The molecule has 0 aliphatic carbocycles. The zero-order valence-corrected chi connectivity index (χ0v) is 17.1.